The van der Waals surface area contributed by atoms with Crippen molar-refractivity contribution in [3.05, 3.63) is 59.7 Å². The zero-order valence-electron chi connectivity index (χ0n) is 20.8. The Bertz CT molecular complexity index is 992. The minimum absolute atomic E-state index is 0.0312. The number of ether oxygens (including phenoxy) is 1. The molecule has 1 aliphatic rings. The van der Waals surface area contributed by atoms with Gasteiger partial charge in [0.15, 0.2) is 0 Å². The van der Waals surface area contributed by atoms with Gasteiger partial charge >= 0.3 is 12.1 Å². The molecule has 0 radical (unpaired) electrons. The molecule has 2 atom stereocenters. The van der Waals surface area contributed by atoms with Crippen molar-refractivity contribution in [2.45, 2.75) is 70.9 Å². The number of aliphatic carboxylic acids is 1. The van der Waals surface area contributed by atoms with Gasteiger partial charge in [-0.25, -0.2) is 4.79 Å². The Labute approximate surface area is 207 Å². The van der Waals surface area contributed by atoms with Crippen LogP contribution < -0.4 is 5.32 Å². The maximum absolute atomic E-state index is 12.9. The maximum Gasteiger partial charge on any atom is 0.407 e. The monoisotopic (exact) mass is 480 g/mol. The highest BCUT2D eigenvalue weighted by Crippen LogP contribution is 2.44. The number of nitrogens with zero attached hydrogens (tertiary/aromatic N) is 1. The van der Waals surface area contributed by atoms with Gasteiger partial charge in [-0.05, 0) is 42.5 Å². The number of unbranched alkanes of at least 4 members (excludes halogenated alkanes) is 1. The molecule has 0 heterocycles. The van der Waals surface area contributed by atoms with Gasteiger partial charge in [0.05, 0.1) is 6.42 Å². The molecule has 2 unspecified atom stereocenters. The maximum atomic E-state index is 12.9. The highest BCUT2D eigenvalue weighted by molar-refractivity contribution is 5.80. The second kappa shape index (κ2) is 12.4. The van der Waals surface area contributed by atoms with Crippen LogP contribution in [0, 0.1) is 0 Å². The normalized spacial score (nSPS) is 13.9. The molecule has 1 aliphatic carbocycles. The van der Waals surface area contributed by atoms with Crippen LogP contribution in [0.4, 0.5) is 4.79 Å². The van der Waals surface area contributed by atoms with Crippen molar-refractivity contribution in [1.82, 2.24) is 10.2 Å². The number of fused-ring (bicyclic) bond motifs is 3. The van der Waals surface area contributed by atoms with Crippen LogP contribution in [0.25, 0.3) is 11.1 Å². The van der Waals surface area contributed by atoms with Gasteiger partial charge in [0.2, 0.25) is 5.91 Å². The highest BCUT2D eigenvalue weighted by atomic mass is 16.5. The van der Waals surface area contributed by atoms with Crippen molar-refractivity contribution in [1.29, 1.82) is 0 Å². The zero-order valence-corrected chi connectivity index (χ0v) is 20.8. The summed E-state index contributed by atoms with van der Waals surface area (Å²) in [7, 11) is 0. The van der Waals surface area contributed by atoms with E-state index in [9.17, 15) is 14.4 Å². The van der Waals surface area contributed by atoms with E-state index in [0.29, 0.717) is 13.0 Å². The van der Waals surface area contributed by atoms with E-state index >= 15 is 0 Å². The van der Waals surface area contributed by atoms with Gasteiger partial charge in [-0.1, -0.05) is 68.3 Å². The average molecular weight is 481 g/mol. The van der Waals surface area contributed by atoms with E-state index in [2.05, 4.69) is 36.5 Å². The summed E-state index contributed by atoms with van der Waals surface area (Å²) in [5.74, 6) is -1.14. The molecule has 0 aromatic heterocycles. The number of hydrogen-bond acceptors (Lipinski definition) is 4. The smallest absolute Gasteiger partial charge is 0.407 e. The first-order chi connectivity index (χ1) is 16.8. The fourth-order valence-electron chi connectivity index (χ4n) is 4.91. The van der Waals surface area contributed by atoms with Crippen LogP contribution in [0.5, 0.6) is 0 Å². The summed E-state index contributed by atoms with van der Waals surface area (Å²) in [5.41, 5.74) is 4.62. The summed E-state index contributed by atoms with van der Waals surface area (Å²) in [4.78, 5) is 38.3. The molecule has 188 valence electrons. The number of hydrogen-bond donors (Lipinski definition) is 2. The van der Waals surface area contributed by atoms with E-state index in [1.54, 1.807) is 11.8 Å². The molecule has 0 spiro atoms. The molecule has 0 bridgehead atoms. The third kappa shape index (κ3) is 6.62. The van der Waals surface area contributed by atoms with Crippen molar-refractivity contribution in [3.63, 3.8) is 0 Å². The quantitative estimate of drug-likeness (QED) is 0.436. The number of rotatable bonds is 12. The van der Waals surface area contributed by atoms with Gasteiger partial charge < -0.3 is 20.1 Å². The number of carboxylic acids is 1. The molecule has 2 aromatic carbocycles. The molecule has 2 N–H and O–H groups in total. The Morgan fingerprint density at radius 2 is 1.60 bits per heavy atom. The van der Waals surface area contributed by atoms with Gasteiger partial charge in [-0.2, -0.15) is 0 Å². The molecular weight excluding hydrogens is 444 g/mol. The van der Waals surface area contributed by atoms with Gasteiger partial charge in [-0.15, -0.1) is 0 Å². The first kappa shape index (κ1) is 26.3. The molecule has 0 fully saturated rings. The summed E-state index contributed by atoms with van der Waals surface area (Å²) in [6, 6.07) is 15.6. The van der Waals surface area contributed by atoms with Crippen LogP contribution >= 0.6 is 0 Å². The highest BCUT2D eigenvalue weighted by Gasteiger charge is 2.30. The largest absolute Gasteiger partial charge is 0.481 e. The van der Waals surface area contributed by atoms with Gasteiger partial charge in [-0.3, -0.25) is 9.59 Å². The van der Waals surface area contributed by atoms with Crippen molar-refractivity contribution in [2.24, 2.45) is 0 Å². The number of alkyl carbamates (subject to hydrolysis) is 1. The Morgan fingerprint density at radius 3 is 2.14 bits per heavy atom. The van der Waals surface area contributed by atoms with Crippen LogP contribution in [0.1, 0.15) is 69.9 Å². The Balaban J connectivity index is 1.63. The lowest BCUT2D eigenvalue weighted by Gasteiger charge is -2.29. The van der Waals surface area contributed by atoms with Crippen LogP contribution in [-0.2, 0) is 14.3 Å². The fraction of sp³-hybridized carbons (Fsp3) is 0.464. The molecule has 0 saturated carbocycles. The second-order valence-corrected chi connectivity index (χ2v) is 9.14. The van der Waals surface area contributed by atoms with E-state index in [-0.39, 0.29) is 37.3 Å². The van der Waals surface area contributed by atoms with Crippen molar-refractivity contribution < 1.29 is 24.2 Å². The molecule has 0 saturated heterocycles. The van der Waals surface area contributed by atoms with Gasteiger partial charge in [0, 0.05) is 31.0 Å². The van der Waals surface area contributed by atoms with Gasteiger partial charge in [0.1, 0.15) is 6.61 Å². The third-order valence-corrected chi connectivity index (χ3v) is 6.66. The standard InChI is InChI=1S/C28H36N2O5/c1-4-6-11-20(17-26(31)30(5-2)19(3)16-27(32)33)29-28(34)35-18-25-23-14-9-7-12-21(23)22-13-8-10-15-24(22)25/h7-10,12-15,19-20,25H,4-6,11,16-18H2,1-3H3,(H,29,34)(H,32,33). The molecular formula is C28H36N2O5. The van der Waals surface area contributed by atoms with Crippen LogP contribution in [0.15, 0.2) is 48.5 Å². The summed E-state index contributed by atoms with van der Waals surface area (Å²) < 4.78 is 5.67. The number of carbonyl (C=O) groups is 3. The topological polar surface area (TPSA) is 95.9 Å². The predicted molar refractivity (Wildman–Crippen MR) is 135 cm³/mol. The molecule has 7 heteroatoms. The Morgan fingerprint density at radius 1 is 1.00 bits per heavy atom. The van der Waals surface area contributed by atoms with Crippen LogP contribution in [-0.4, -0.2) is 53.2 Å². The predicted octanol–water partition coefficient (Wildman–Crippen LogP) is 5.19. The third-order valence-electron chi connectivity index (χ3n) is 6.66. The first-order valence-electron chi connectivity index (χ1n) is 12.5. The number of benzene rings is 2. The molecule has 2 aromatic rings. The van der Waals surface area contributed by atoms with Crippen LogP contribution in [0.3, 0.4) is 0 Å². The van der Waals surface area contributed by atoms with Crippen molar-refractivity contribution in [3.8, 4) is 11.1 Å². The number of carboxylic acid groups (broad SMARTS) is 1. The molecule has 7 nitrogen and oxygen atoms in total. The molecule has 0 aliphatic heterocycles. The van der Waals surface area contributed by atoms with E-state index in [1.807, 2.05) is 31.2 Å². The van der Waals surface area contributed by atoms with E-state index in [0.717, 1.165) is 24.0 Å². The lowest BCUT2D eigenvalue weighted by Crippen LogP contribution is -2.44. The fourth-order valence-corrected chi connectivity index (χ4v) is 4.91. The first-order valence-corrected chi connectivity index (χ1v) is 12.5. The summed E-state index contributed by atoms with van der Waals surface area (Å²) in [5, 5.41) is 12.0. The summed E-state index contributed by atoms with van der Waals surface area (Å²) in [6.07, 6.45) is 1.91. The number of amides is 2. The number of nitrogens with one attached hydrogen (secondary N) is 1. The van der Waals surface area contributed by atoms with Crippen molar-refractivity contribution in [2.75, 3.05) is 13.2 Å². The molecule has 3 rings (SSSR count). The minimum Gasteiger partial charge on any atom is -0.481 e. The Kier molecular flexibility index (Phi) is 9.29. The average Bonchev–Trinajstić information content (AvgIpc) is 3.15. The second-order valence-electron chi connectivity index (χ2n) is 9.14. The SMILES string of the molecule is CCCCC(CC(=O)N(CC)C(C)CC(=O)O)NC(=O)OCC1c2ccccc2-c2ccccc21. The summed E-state index contributed by atoms with van der Waals surface area (Å²) in [6.45, 7) is 6.25. The van der Waals surface area contributed by atoms with E-state index in [1.165, 1.54) is 11.1 Å². The van der Waals surface area contributed by atoms with Gasteiger partial charge in [0.25, 0.3) is 0 Å². The van der Waals surface area contributed by atoms with Crippen LogP contribution in [0.2, 0.25) is 0 Å². The minimum atomic E-state index is -0.942. The van der Waals surface area contributed by atoms with E-state index in [4.69, 9.17) is 9.84 Å². The zero-order chi connectivity index (χ0) is 25.4. The molecule has 2 amide bonds. The van der Waals surface area contributed by atoms with E-state index < -0.39 is 18.1 Å². The Hall–Kier alpha value is -3.35. The number of carbonyl (C=O) groups excluding carboxylic acids is 2. The summed E-state index contributed by atoms with van der Waals surface area (Å²) >= 11 is 0. The lowest BCUT2D eigenvalue weighted by atomic mass is 9.98. The lowest BCUT2D eigenvalue weighted by molar-refractivity contribution is -0.140. The van der Waals surface area contributed by atoms with Crippen molar-refractivity contribution >= 4 is 18.0 Å². The molecule has 35 heavy (non-hydrogen) atoms.